The van der Waals surface area contributed by atoms with E-state index in [2.05, 4.69) is 18.8 Å². The van der Waals surface area contributed by atoms with Crippen molar-refractivity contribution in [2.45, 2.75) is 25.2 Å². The maximum absolute atomic E-state index is 14.2. The molecular weight excluding hydrogens is 523 g/mol. The van der Waals surface area contributed by atoms with Crippen LogP contribution in [-0.2, 0) is 10.0 Å². The van der Waals surface area contributed by atoms with Gasteiger partial charge in [0, 0.05) is 31.7 Å². The molecule has 0 spiro atoms. The third kappa shape index (κ3) is 6.06. The number of amides is 1. The van der Waals surface area contributed by atoms with E-state index in [0.717, 1.165) is 6.42 Å². The van der Waals surface area contributed by atoms with Gasteiger partial charge in [-0.15, -0.1) is 12.4 Å². The van der Waals surface area contributed by atoms with Crippen LogP contribution in [0.3, 0.4) is 0 Å². The lowest BCUT2D eigenvalue weighted by Crippen LogP contribution is -2.42. The van der Waals surface area contributed by atoms with Gasteiger partial charge in [-0.1, -0.05) is 31.3 Å². The number of likely N-dealkylation sites (N-methyl/N-ethyl adjacent to an activating group) is 1. The molecule has 0 N–H and O–H groups in total. The number of piperidine rings is 1. The number of anilines is 1. The van der Waals surface area contributed by atoms with E-state index in [0.29, 0.717) is 53.4 Å². The van der Waals surface area contributed by atoms with Gasteiger partial charge in [-0.2, -0.15) is 4.31 Å². The summed E-state index contributed by atoms with van der Waals surface area (Å²) in [5, 5.41) is 0.407. The van der Waals surface area contributed by atoms with Crippen LogP contribution in [0.25, 0.3) is 10.2 Å². The summed E-state index contributed by atoms with van der Waals surface area (Å²) in [7, 11) is 0.174. The minimum Gasteiger partial charge on any atom is -0.308 e. The zero-order valence-electron chi connectivity index (χ0n) is 20.8. The number of sulfonamides is 1. The summed E-state index contributed by atoms with van der Waals surface area (Å²) in [6.07, 6.45) is 1.01. The van der Waals surface area contributed by atoms with Gasteiger partial charge in [-0.25, -0.2) is 17.8 Å². The SMILES string of the molecule is CC1CC(C)CN(S(=O)(=O)c2ccc(C(=O)N(CCN(C)C)c3nc4c(F)cccc4s3)cc2)C1.Cl. The summed E-state index contributed by atoms with van der Waals surface area (Å²) in [6.45, 7) is 6.07. The van der Waals surface area contributed by atoms with E-state index in [1.54, 1.807) is 28.6 Å². The first-order valence-corrected chi connectivity index (χ1v) is 13.9. The lowest BCUT2D eigenvalue weighted by Gasteiger charge is -2.34. The van der Waals surface area contributed by atoms with Crippen LogP contribution in [0.5, 0.6) is 0 Å². The van der Waals surface area contributed by atoms with Gasteiger partial charge in [0.1, 0.15) is 11.3 Å². The average molecular weight is 555 g/mol. The fourth-order valence-electron chi connectivity index (χ4n) is 4.48. The Morgan fingerprint density at radius 3 is 2.31 bits per heavy atom. The van der Waals surface area contributed by atoms with E-state index in [9.17, 15) is 17.6 Å². The molecule has 1 aliphatic heterocycles. The van der Waals surface area contributed by atoms with Crippen molar-refractivity contribution in [3.8, 4) is 0 Å². The monoisotopic (exact) mass is 554 g/mol. The van der Waals surface area contributed by atoms with Crippen LogP contribution >= 0.6 is 23.7 Å². The smallest absolute Gasteiger partial charge is 0.260 e. The molecule has 196 valence electrons. The van der Waals surface area contributed by atoms with E-state index in [4.69, 9.17) is 0 Å². The number of carbonyl (C=O) groups is 1. The van der Waals surface area contributed by atoms with E-state index in [-0.39, 0.29) is 28.7 Å². The molecule has 0 saturated carbocycles. The van der Waals surface area contributed by atoms with Crippen molar-refractivity contribution in [3.05, 3.63) is 53.8 Å². The zero-order valence-corrected chi connectivity index (χ0v) is 23.3. The molecule has 2 unspecified atom stereocenters. The fraction of sp³-hybridized carbons (Fsp3) is 0.440. The number of carbonyl (C=O) groups excluding carboxylic acids is 1. The Morgan fingerprint density at radius 2 is 1.72 bits per heavy atom. The van der Waals surface area contributed by atoms with Gasteiger partial charge >= 0.3 is 0 Å². The second kappa shape index (κ2) is 11.5. The van der Waals surface area contributed by atoms with Gasteiger partial charge in [-0.3, -0.25) is 9.69 Å². The number of aromatic nitrogens is 1. The van der Waals surface area contributed by atoms with E-state index in [1.807, 2.05) is 19.0 Å². The standard InChI is InChI=1S/C25H31FN4O3S2.ClH/c1-17-14-18(2)16-29(15-17)35(32,33)20-10-8-19(9-11-20)24(31)30(13-12-28(3)4)25-27-23-21(26)6-5-7-22(23)34-25;/h5-11,17-18H,12-16H2,1-4H3;1H. The number of para-hydroxylation sites is 1. The molecule has 2 aromatic carbocycles. The predicted molar refractivity (Wildman–Crippen MR) is 145 cm³/mol. The van der Waals surface area contributed by atoms with Crippen molar-refractivity contribution in [2.75, 3.05) is 45.2 Å². The third-order valence-corrected chi connectivity index (χ3v) is 9.07. The summed E-state index contributed by atoms with van der Waals surface area (Å²) in [5.74, 6) is -0.132. The molecule has 0 bridgehead atoms. The maximum Gasteiger partial charge on any atom is 0.260 e. The highest BCUT2D eigenvalue weighted by Crippen LogP contribution is 2.31. The summed E-state index contributed by atoms with van der Waals surface area (Å²) >= 11 is 1.25. The van der Waals surface area contributed by atoms with Gasteiger partial charge in [-0.05, 0) is 68.8 Å². The number of benzene rings is 2. The van der Waals surface area contributed by atoms with Crippen molar-refractivity contribution in [1.29, 1.82) is 0 Å². The number of thiazole rings is 1. The lowest BCUT2D eigenvalue weighted by atomic mass is 9.94. The van der Waals surface area contributed by atoms with Crippen molar-refractivity contribution < 1.29 is 17.6 Å². The molecule has 2 atom stereocenters. The minimum absolute atomic E-state index is 0. The predicted octanol–water partition coefficient (Wildman–Crippen LogP) is 4.73. The third-order valence-electron chi connectivity index (χ3n) is 6.18. The molecule has 1 fully saturated rings. The molecule has 0 radical (unpaired) electrons. The number of fused-ring (bicyclic) bond motifs is 1. The first-order chi connectivity index (χ1) is 16.6. The molecule has 4 rings (SSSR count). The first kappa shape index (κ1) is 28.5. The molecule has 1 amide bonds. The number of halogens is 2. The molecule has 0 aliphatic carbocycles. The van der Waals surface area contributed by atoms with E-state index >= 15 is 0 Å². The Morgan fingerprint density at radius 1 is 1.08 bits per heavy atom. The Kier molecular flexibility index (Phi) is 9.11. The largest absolute Gasteiger partial charge is 0.308 e. The van der Waals surface area contributed by atoms with Crippen LogP contribution in [0.15, 0.2) is 47.4 Å². The highest BCUT2D eigenvalue weighted by molar-refractivity contribution is 7.89. The normalized spacial score (nSPS) is 18.8. The second-order valence-electron chi connectivity index (χ2n) is 9.64. The highest BCUT2D eigenvalue weighted by Gasteiger charge is 2.32. The van der Waals surface area contributed by atoms with Crippen LogP contribution < -0.4 is 4.90 Å². The summed E-state index contributed by atoms with van der Waals surface area (Å²) in [4.78, 5) is 21.5. The average Bonchev–Trinajstić information content (AvgIpc) is 3.24. The van der Waals surface area contributed by atoms with Crippen LogP contribution in [0, 0.1) is 17.7 Å². The van der Waals surface area contributed by atoms with Gasteiger partial charge in [0.2, 0.25) is 10.0 Å². The van der Waals surface area contributed by atoms with E-state index in [1.165, 1.54) is 34.4 Å². The minimum atomic E-state index is -3.64. The van der Waals surface area contributed by atoms with Crippen LogP contribution in [0.1, 0.15) is 30.6 Å². The second-order valence-corrected chi connectivity index (χ2v) is 12.6. The van der Waals surface area contributed by atoms with Gasteiger partial charge in [0.05, 0.1) is 9.60 Å². The molecular formula is C25H32ClFN4O3S2. The number of hydrogen-bond acceptors (Lipinski definition) is 6. The molecule has 2 heterocycles. The molecule has 11 heteroatoms. The zero-order chi connectivity index (χ0) is 25.3. The van der Waals surface area contributed by atoms with Gasteiger partial charge in [0.15, 0.2) is 5.13 Å². The molecule has 36 heavy (non-hydrogen) atoms. The summed E-state index contributed by atoms with van der Waals surface area (Å²) in [5.41, 5.74) is 0.587. The lowest BCUT2D eigenvalue weighted by molar-refractivity contribution is 0.0985. The van der Waals surface area contributed by atoms with Crippen molar-refractivity contribution in [1.82, 2.24) is 14.2 Å². The Labute approximate surface area is 222 Å². The van der Waals surface area contributed by atoms with Crippen molar-refractivity contribution in [2.24, 2.45) is 11.8 Å². The molecule has 1 aliphatic rings. The quantitative estimate of drug-likeness (QED) is 0.422. The molecule has 1 aromatic heterocycles. The topological polar surface area (TPSA) is 73.8 Å². The van der Waals surface area contributed by atoms with Crippen LogP contribution in [0.2, 0.25) is 0 Å². The van der Waals surface area contributed by atoms with Crippen LogP contribution in [0.4, 0.5) is 9.52 Å². The highest BCUT2D eigenvalue weighted by atomic mass is 35.5. The molecule has 3 aromatic rings. The maximum atomic E-state index is 14.2. The molecule has 7 nitrogen and oxygen atoms in total. The fourth-order valence-corrected chi connectivity index (χ4v) is 7.16. The summed E-state index contributed by atoms with van der Waals surface area (Å²) in [6, 6.07) is 10.8. The van der Waals surface area contributed by atoms with E-state index < -0.39 is 15.8 Å². The number of hydrogen-bond donors (Lipinski definition) is 0. The van der Waals surface area contributed by atoms with Crippen molar-refractivity contribution >= 4 is 55.0 Å². The Balaban J connectivity index is 0.00000361. The Hall–Kier alpha value is -2.11. The number of nitrogens with zero attached hydrogens (tertiary/aromatic N) is 4. The molecule has 1 saturated heterocycles. The van der Waals surface area contributed by atoms with Crippen molar-refractivity contribution in [3.63, 3.8) is 0 Å². The van der Waals surface area contributed by atoms with Gasteiger partial charge < -0.3 is 4.90 Å². The van der Waals surface area contributed by atoms with Crippen LogP contribution in [-0.4, -0.2) is 68.8 Å². The summed E-state index contributed by atoms with van der Waals surface area (Å²) < 4.78 is 42.8. The number of rotatable bonds is 7. The van der Waals surface area contributed by atoms with Gasteiger partial charge in [0.25, 0.3) is 5.91 Å². The Bertz CT molecular complexity index is 1300. The first-order valence-electron chi connectivity index (χ1n) is 11.7.